The molecule has 0 radical (unpaired) electrons. The van der Waals surface area contributed by atoms with Gasteiger partial charge in [-0.2, -0.15) is 0 Å². The van der Waals surface area contributed by atoms with Crippen molar-refractivity contribution < 1.29 is 14.3 Å². The zero-order valence-corrected chi connectivity index (χ0v) is 11.9. The second-order valence-corrected chi connectivity index (χ2v) is 4.89. The van der Waals surface area contributed by atoms with Crippen molar-refractivity contribution in [1.82, 2.24) is 10.2 Å². The highest BCUT2D eigenvalue weighted by Gasteiger charge is 2.06. The molecule has 0 saturated carbocycles. The molecule has 1 aromatic heterocycles. The summed E-state index contributed by atoms with van der Waals surface area (Å²) in [6, 6.07) is 8.08. The third-order valence-corrected chi connectivity index (χ3v) is 2.94. The third-order valence-electron chi connectivity index (χ3n) is 2.94. The first kappa shape index (κ1) is 14.5. The van der Waals surface area contributed by atoms with E-state index in [9.17, 15) is 0 Å². The monoisotopic (exact) mass is 276 g/mol. The maximum Gasteiger partial charge on any atom is 0.219 e. The van der Waals surface area contributed by atoms with Gasteiger partial charge in [-0.15, -0.1) is 10.2 Å². The molecule has 1 aromatic carbocycles. The van der Waals surface area contributed by atoms with Gasteiger partial charge >= 0.3 is 0 Å². The number of benzene rings is 1. The molecule has 1 N–H and O–H groups in total. The van der Waals surface area contributed by atoms with Gasteiger partial charge in [-0.25, -0.2) is 0 Å². The fourth-order valence-corrected chi connectivity index (χ4v) is 1.81. The predicted octanol–water partition coefficient (Wildman–Crippen LogP) is 2.35. The largest absolute Gasteiger partial charge is 0.493 e. The molecule has 2 aromatic rings. The molecular formula is C15H20N2O3. The number of hydrogen-bond donors (Lipinski definition) is 1. The van der Waals surface area contributed by atoms with E-state index in [0.717, 1.165) is 5.75 Å². The van der Waals surface area contributed by atoms with Crippen molar-refractivity contribution in [1.29, 1.82) is 0 Å². The molecular weight excluding hydrogens is 256 g/mol. The number of aliphatic hydroxyl groups is 1. The maximum absolute atomic E-state index is 8.77. The van der Waals surface area contributed by atoms with E-state index in [1.807, 2.05) is 12.1 Å². The molecule has 0 aliphatic carbocycles. The van der Waals surface area contributed by atoms with Crippen molar-refractivity contribution in [3.63, 3.8) is 0 Å². The highest BCUT2D eigenvalue weighted by Crippen LogP contribution is 2.20. The van der Waals surface area contributed by atoms with E-state index in [0.29, 0.717) is 37.1 Å². The average molecular weight is 276 g/mol. The van der Waals surface area contributed by atoms with E-state index in [1.165, 1.54) is 5.56 Å². The van der Waals surface area contributed by atoms with E-state index in [-0.39, 0.29) is 6.61 Å². The van der Waals surface area contributed by atoms with Crippen LogP contribution in [0.4, 0.5) is 0 Å². The Morgan fingerprint density at radius 3 is 2.65 bits per heavy atom. The van der Waals surface area contributed by atoms with Gasteiger partial charge in [-0.3, -0.25) is 0 Å². The number of ether oxygens (including phenoxy) is 1. The Kier molecular flexibility index (Phi) is 5.12. The van der Waals surface area contributed by atoms with Crippen LogP contribution in [0.15, 0.2) is 28.7 Å². The normalized spacial score (nSPS) is 11.0. The van der Waals surface area contributed by atoms with Crippen molar-refractivity contribution in [2.24, 2.45) is 0 Å². The molecule has 5 nitrogen and oxygen atoms in total. The molecule has 0 aliphatic rings. The smallest absolute Gasteiger partial charge is 0.219 e. The highest BCUT2D eigenvalue weighted by molar-refractivity contribution is 5.30. The first-order chi connectivity index (χ1) is 9.69. The van der Waals surface area contributed by atoms with Gasteiger partial charge in [0.05, 0.1) is 19.6 Å². The van der Waals surface area contributed by atoms with Crippen LogP contribution in [0.5, 0.6) is 5.75 Å². The molecule has 0 atom stereocenters. The van der Waals surface area contributed by atoms with E-state index >= 15 is 0 Å². The van der Waals surface area contributed by atoms with Crippen LogP contribution < -0.4 is 4.74 Å². The van der Waals surface area contributed by atoms with E-state index in [2.05, 4.69) is 36.2 Å². The van der Waals surface area contributed by atoms with Crippen LogP contribution in [-0.4, -0.2) is 28.5 Å². The van der Waals surface area contributed by atoms with Crippen molar-refractivity contribution >= 4 is 0 Å². The molecule has 20 heavy (non-hydrogen) atoms. The van der Waals surface area contributed by atoms with Gasteiger partial charge in [0.15, 0.2) is 0 Å². The molecule has 0 aliphatic heterocycles. The van der Waals surface area contributed by atoms with Gasteiger partial charge in [0, 0.05) is 6.42 Å². The molecule has 0 amide bonds. The van der Waals surface area contributed by atoms with Crippen LogP contribution >= 0.6 is 0 Å². The Bertz CT molecular complexity index is 537. The van der Waals surface area contributed by atoms with E-state index in [4.69, 9.17) is 14.3 Å². The molecule has 0 unspecified atom stereocenters. The Hall–Kier alpha value is -1.88. The summed E-state index contributed by atoms with van der Waals surface area (Å²) in [5, 5.41) is 16.5. The van der Waals surface area contributed by atoms with Crippen molar-refractivity contribution in [2.45, 2.75) is 32.6 Å². The first-order valence-electron chi connectivity index (χ1n) is 6.84. The summed E-state index contributed by atoms with van der Waals surface area (Å²) >= 11 is 0. The van der Waals surface area contributed by atoms with E-state index < -0.39 is 0 Å². The van der Waals surface area contributed by atoms with Crippen molar-refractivity contribution in [3.05, 3.63) is 41.6 Å². The van der Waals surface area contributed by atoms with E-state index in [1.54, 1.807) is 0 Å². The fraction of sp³-hybridized carbons (Fsp3) is 0.467. The second kappa shape index (κ2) is 7.05. The minimum Gasteiger partial charge on any atom is -0.493 e. The van der Waals surface area contributed by atoms with Gasteiger partial charge in [-0.05, 0) is 23.6 Å². The highest BCUT2D eigenvalue weighted by atomic mass is 16.5. The lowest BCUT2D eigenvalue weighted by molar-refractivity contribution is 0.278. The van der Waals surface area contributed by atoms with Crippen LogP contribution in [0.25, 0.3) is 0 Å². The van der Waals surface area contributed by atoms with Gasteiger partial charge < -0.3 is 14.3 Å². The second-order valence-electron chi connectivity index (χ2n) is 4.89. The molecule has 5 heteroatoms. The summed E-state index contributed by atoms with van der Waals surface area (Å²) in [6.45, 7) is 4.81. The van der Waals surface area contributed by atoms with Gasteiger partial charge in [-0.1, -0.05) is 26.0 Å². The lowest BCUT2D eigenvalue weighted by Gasteiger charge is -2.09. The zero-order chi connectivity index (χ0) is 14.4. The Morgan fingerprint density at radius 1 is 1.20 bits per heavy atom. The Balaban J connectivity index is 1.84. The summed E-state index contributed by atoms with van der Waals surface area (Å²) in [6.07, 6.45) is 0.953. The lowest BCUT2D eigenvalue weighted by atomic mass is 10.0. The summed E-state index contributed by atoms with van der Waals surface area (Å²) < 4.78 is 11.1. The number of aliphatic hydroxyl groups excluding tert-OH is 1. The summed E-state index contributed by atoms with van der Waals surface area (Å²) in [7, 11) is 0. The molecule has 0 bridgehead atoms. The number of nitrogens with zero attached hydrogens (tertiary/aromatic N) is 2. The standard InChI is InChI=1S/C15H20N2O3/c1-11(2)12-4-3-5-13(10-12)19-9-7-15-17-16-14(20-15)6-8-18/h3-5,10-11,18H,6-9H2,1-2H3. The lowest BCUT2D eigenvalue weighted by Crippen LogP contribution is -2.02. The summed E-state index contributed by atoms with van der Waals surface area (Å²) in [5.74, 6) is 2.33. The minimum atomic E-state index is 0.0140. The van der Waals surface area contributed by atoms with Gasteiger partial charge in [0.25, 0.3) is 0 Å². The summed E-state index contributed by atoms with van der Waals surface area (Å²) in [4.78, 5) is 0. The zero-order valence-electron chi connectivity index (χ0n) is 11.9. The number of rotatable bonds is 7. The number of aromatic nitrogens is 2. The maximum atomic E-state index is 8.77. The minimum absolute atomic E-state index is 0.0140. The van der Waals surface area contributed by atoms with Gasteiger partial charge in [0.2, 0.25) is 11.8 Å². The van der Waals surface area contributed by atoms with Crippen molar-refractivity contribution in [3.8, 4) is 5.75 Å². The molecule has 0 spiro atoms. The Morgan fingerprint density at radius 2 is 1.95 bits per heavy atom. The molecule has 1 heterocycles. The van der Waals surface area contributed by atoms with Crippen LogP contribution in [-0.2, 0) is 12.8 Å². The summed E-state index contributed by atoms with van der Waals surface area (Å²) in [5.41, 5.74) is 1.26. The fourth-order valence-electron chi connectivity index (χ4n) is 1.81. The molecule has 108 valence electrons. The van der Waals surface area contributed by atoms with Gasteiger partial charge in [0.1, 0.15) is 5.75 Å². The van der Waals surface area contributed by atoms with Crippen LogP contribution in [0.1, 0.15) is 37.1 Å². The Labute approximate surface area is 118 Å². The van der Waals surface area contributed by atoms with Crippen LogP contribution in [0.2, 0.25) is 0 Å². The quantitative estimate of drug-likeness (QED) is 0.840. The third kappa shape index (κ3) is 4.06. The SMILES string of the molecule is CC(C)c1cccc(OCCc2nnc(CCO)o2)c1. The first-order valence-corrected chi connectivity index (χ1v) is 6.84. The predicted molar refractivity (Wildman–Crippen MR) is 74.8 cm³/mol. The van der Waals surface area contributed by atoms with Crippen LogP contribution in [0.3, 0.4) is 0 Å². The van der Waals surface area contributed by atoms with Crippen LogP contribution in [0, 0.1) is 0 Å². The molecule has 0 saturated heterocycles. The average Bonchev–Trinajstić information content (AvgIpc) is 2.87. The topological polar surface area (TPSA) is 68.4 Å². The number of hydrogen-bond acceptors (Lipinski definition) is 5. The molecule has 0 fully saturated rings. The molecule has 2 rings (SSSR count). The van der Waals surface area contributed by atoms with Crippen molar-refractivity contribution in [2.75, 3.05) is 13.2 Å².